The van der Waals surface area contributed by atoms with Crippen molar-refractivity contribution < 1.29 is 0 Å². The van der Waals surface area contributed by atoms with Crippen LogP contribution in [0.4, 0.5) is 0 Å². The molecule has 1 aromatic rings. The number of rotatable bonds is 7. The zero-order valence-corrected chi connectivity index (χ0v) is 16.3. The van der Waals surface area contributed by atoms with Crippen molar-refractivity contribution in [2.75, 3.05) is 6.54 Å². The van der Waals surface area contributed by atoms with Crippen LogP contribution in [-0.4, -0.2) is 18.6 Å². The van der Waals surface area contributed by atoms with Crippen molar-refractivity contribution in [3.05, 3.63) is 52.1 Å². The molecule has 2 nitrogen and oxygen atoms in total. The Hall–Kier alpha value is -1.50. The van der Waals surface area contributed by atoms with E-state index >= 15 is 0 Å². The average molecular weight is 340 g/mol. The molecule has 2 atom stereocenters. The van der Waals surface area contributed by atoms with Crippen LogP contribution in [0.1, 0.15) is 63.1 Å². The number of nitrogens with two attached hydrogens (primary N) is 1. The Morgan fingerprint density at radius 2 is 2.12 bits per heavy atom. The molecule has 24 heavy (non-hydrogen) atoms. The van der Waals surface area contributed by atoms with E-state index in [2.05, 4.69) is 47.8 Å². The maximum Gasteiger partial charge on any atom is 0.0694 e. The Kier molecular flexibility index (Phi) is 6.71. The van der Waals surface area contributed by atoms with Gasteiger partial charge < -0.3 is 5.73 Å². The first-order valence-electron chi connectivity index (χ1n) is 8.79. The van der Waals surface area contributed by atoms with Crippen molar-refractivity contribution in [2.24, 2.45) is 16.6 Å². The summed E-state index contributed by atoms with van der Waals surface area (Å²) >= 11 is 0. The highest BCUT2D eigenvalue weighted by atomic mass is 31.0. The lowest BCUT2D eigenvalue weighted by molar-refractivity contribution is 0.911. The van der Waals surface area contributed by atoms with E-state index in [1.165, 1.54) is 28.7 Å². The Balaban J connectivity index is 2.53. The highest BCUT2D eigenvalue weighted by molar-refractivity contribution is 7.19. The van der Waals surface area contributed by atoms with Crippen molar-refractivity contribution in [2.45, 2.75) is 46.5 Å². The Morgan fingerprint density at radius 1 is 1.42 bits per heavy atom. The highest BCUT2D eigenvalue weighted by Crippen LogP contribution is 2.49. The molecule has 0 heterocycles. The topological polar surface area (TPSA) is 38.4 Å². The third-order valence-corrected chi connectivity index (χ3v) is 5.24. The van der Waals surface area contributed by atoms with Gasteiger partial charge in [-0.05, 0) is 66.6 Å². The molecule has 2 unspecified atom stereocenters. The van der Waals surface area contributed by atoms with E-state index in [9.17, 15) is 0 Å². The first-order valence-corrected chi connectivity index (χ1v) is 9.37. The summed E-state index contributed by atoms with van der Waals surface area (Å²) in [4.78, 5) is 4.84. The van der Waals surface area contributed by atoms with E-state index in [0.717, 1.165) is 23.6 Å². The van der Waals surface area contributed by atoms with E-state index < -0.39 is 0 Å². The van der Waals surface area contributed by atoms with Crippen LogP contribution in [-0.2, 0) is 0 Å². The summed E-state index contributed by atoms with van der Waals surface area (Å²) < 4.78 is 0. The van der Waals surface area contributed by atoms with Crippen LogP contribution in [0.25, 0.3) is 5.70 Å². The number of benzene rings is 1. The van der Waals surface area contributed by atoms with Crippen LogP contribution < -0.4 is 5.73 Å². The smallest absolute Gasteiger partial charge is 0.0694 e. The molecule has 128 valence electrons. The molecule has 1 aromatic carbocycles. The molecule has 0 amide bonds. The van der Waals surface area contributed by atoms with Crippen molar-refractivity contribution in [3.8, 4) is 0 Å². The molecular formula is C21H29N2P. The Morgan fingerprint density at radius 3 is 2.62 bits per heavy atom. The van der Waals surface area contributed by atoms with Crippen LogP contribution in [0.15, 0.2) is 40.4 Å². The molecule has 3 heteroatoms. The largest absolute Gasteiger partial charge is 0.326 e. The monoisotopic (exact) mass is 340 g/mol. The third kappa shape index (κ3) is 4.32. The molecule has 1 aliphatic rings. The Labute approximate surface area is 148 Å². The number of hydrogen-bond acceptors (Lipinski definition) is 2. The summed E-state index contributed by atoms with van der Waals surface area (Å²) in [6.45, 7) is 9.20. The van der Waals surface area contributed by atoms with Gasteiger partial charge in [-0.2, -0.15) is 0 Å². The molecule has 0 bridgehead atoms. The second-order valence-corrected chi connectivity index (χ2v) is 6.91. The van der Waals surface area contributed by atoms with Gasteiger partial charge in [0.2, 0.25) is 0 Å². The summed E-state index contributed by atoms with van der Waals surface area (Å²) in [5.41, 5.74) is 13.1. The van der Waals surface area contributed by atoms with Crippen molar-refractivity contribution in [1.82, 2.24) is 0 Å². The highest BCUT2D eigenvalue weighted by Gasteiger charge is 2.36. The predicted molar refractivity (Wildman–Crippen MR) is 111 cm³/mol. The fourth-order valence-electron chi connectivity index (χ4n) is 2.92. The summed E-state index contributed by atoms with van der Waals surface area (Å²) in [6, 6.07) is 6.67. The van der Waals surface area contributed by atoms with Gasteiger partial charge in [0, 0.05) is 18.3 Å². The summed E-state index contributed by atoms with van der Waals surface area (Å²) in [6.07, 6.45) is 6.20. The zero-order chi connectivity index (χ0) is 17.7. The molecule has 0 radical (unpaired) electrons. The minimum absolute atomic E-state index is 0.516. The van der Waals surface area contributed by atoms with Gasteiger partial charge in [-0.25, -0.2) is 0 Å². The van der Waals surface area contributed by atoms with E-state index in [-0.39, 0.29) is 0 Å². The second kappa shape index (κ2) is 8.55. The third-order valence-electron chi connectivity index (χ3n) is 4.91. The van der Waals surface area contributed by atoms with Gasteiger partial charge >= 0.3 is 0 Å². The van der Waals surface area contributed by atoms with Crippen LogP contribution >= 0.6 is 8.86 Å². The van der Waals surface area contributed by atoms with Crippen molar-refractivity contribution in [1.29, 1.82) is 0 Å². The molecule has 0 aliphatic heterocycles. The number of aliphatic imine (C=N–C) groups is 1. The molecule has 0 saturated heterocycles. The quantitative estimate of drug-likeness (QED) is 0.536. The molecule has 0 spiro atoms. The molecule has 0 aromatic heterocycles. The standard InChI is InChI=1S/C21H29N2P/c1-5-14(3)21(23-12-16(6-2)11-22)18-8-7-17(13-24)10-20(18)19-9-15(19)4/h6-8,10,12-13,15,19,24H,5,9,11,22H2,1-4H3/b16-6-,21-14+,23-12-. The summed E-state index contributed by atoms with van der Waals surface area (Å²) in [5, 5.41) is 0. The van der Waals surface area contributed by atoms with Crippen LogP contribution in [0.3, 0.4) is 0 Å². The van der Waals surface area contributed by atoms with Crippen LogP contribution in [0.5, 0.6) is 0 Å². The fourth-order valence-corrected chi connectivity index (χ4v) is 3.10. The molecule has 2 N–H and O–H groups in total. The first kappa shape index (κ1) is 18.8. The minimum Gasteiger partial charge on any atom is -0.326 e. The number of nitrogens with zero attached hydrogens (tertiary/aromatic N) is 1. The van der Waals surface area contributed by atoms with Gasteiger partial charge in [-0.15, -0.1) is 8.86 Å². The van der Waals surface area contributed by atoms with E-state index in [1.807, 2.05) is 25.0 Å². The SMILES string of the molecule is C\C=C(/C=N\C(=C(/C)CC)c1ccc(C=P)cc1C1CC1C)CN. The van der Waals surface area contributed by atoms with E-state index in [0.29, 0.717) is 12.5 Å². The summed E-state index contributed by atoms with van der Waals surface area (Å²) in [7, 11) is 3.51. The first-order chi connectivity index (χ1) is 11.5. The minimum atomic E-state index is 0.516. The molecule has 1 saturated carbocycles. The molecule has 2 rings (SSSR count). The lowest BCUT2D eigenvalue weighted by Crippen LogP contribution is -2.04. The molecule has 1 fully saturated rings. The van der Waals surface area contributed by atoms with Gasteiger partial charge in [0.25, 0.3) is 0 Å². The van der Waals surface area contributed by atoms with Crippen molar-refractivity contribution in [3.63, 3.8) is 0 Å². The van der Waals surface area contributed by atoms with Crippen LogP contribution in [0, 0.1) is 5.92 Å². The average Bonchev–Trinajstić information content (AvgIpc) is 3.34. The van der Waals surface area contributed by atoms with Crippen LogP contribution in [0.2, 0.25) is 0 Å². The lowest BCUT2D eigenvalue weighted by Gasteiger charge is -2.14. The van der Waals surface area contributed by atoms with Crippen molar-refractivity contribution >= 4 is 26.6 Å². The second-order valence-electron chi connectivity index (χ2n) is 6.62. The molecular weight excluding hydrogens is 311 g/mol. The van der Waals surface area contributed by atoms with Gasteiger partial charge in [0.1, 0.15) is 0 Å². The summed E-state index contributed by atoms with van der Waals surface area (Å²) in [5.74, 6) is 3.39. The molecule has 1 aliphatic carbocycles. The van der Waals surface area contributed by atoms with E-state index in [1.54, 1.807) is 0 Å². The number of allylic oxidation sites excluding steroid dienone is 2. The fraction of sp³-hybridized carbons (Fsp3) is 0.429. The van der Waals surface area contributed by atoms with Gasteiger partial charge in [0.15, 0.2) is 0 Å². The maximum absolute atomic E-state index is 5.78. The van der Waals surface area contributed by atoms with Gasteiger partial charge in [-0.3, -0.25) is 4.99 Å². The maximum atomic E-state index is 5.78. The van der Waals surface area contributed by atoms with Gasteiger partial charge in [-0.1, -0.05) is 38.1 Å². The zero-order valence-electron chi connectivity index (χ0n) is 15.3. The number of hydrogen-bond donors (Lipinski definition) is 1. The Bertz CT molecular complexity index is 698. The normalized spacial score (nSPS) is 21.8. The van der Waals surface area contributed by atoms with Gasteiger partial charge in [0.05, 0.1) is 5.70 Å². The lowest BCUT2D eigenvalue weighted by atomic mass is 9.95. The van der Waals surface area contributed by atoms with E-state index in [4.69, 9.17) is 10.7 Å². The predicted octanol–water partition coefficient (Wildman–Crippen LogP) is 5.22.